The van der Waals surface area contributed by atoms with E-state index in [0.717, 1.165) is 12.3 Å². The van der Waals surface area contributed by atoms with E-state index in [2.05, 4.69) is 10.3 Å². The highest BCUT2D eigenvalue weighted by molar-refractivity contribution is 6.06. The monoisotopic (exact) mass is 404 g/mol. The van der Waals surface area contributed by atoms with Gasteiger partial charge in [-0.05, 0) is 31.2 Å². The van der Waals surface area contributed by atoms with Crippen molar-refractivity contribution in [1.82, 2.24) is 4.98 Å². The molecule has 0 unspecified atom stereocenters. The average Bonchev–Trinajstić information content (AvgIpc) is 2.67. The zero-order valence-corrected chi connectivity index (χ0v) is 15.1. The third kappa shape index (κ3) is 4.13. The first-order valence-corrected chi connectivity index (χ1v) is 8.48. The maximum Gasteiger partial charge on any atom is 0.418 e. The highest BCUT2D eigenvalue weighted by Gasteiger charge is 2.34. The van der Waals surface area contributed by atoms with Crippen molar-refractivity contribution >= 4 is 34.2 Å². The summed E-state index contributed by atoms with van der Waals surface area (Å²) in [5.41, 5.74) is -1.07. The SMILES string of the molecule is CCOC(=O)c1cnc2c(C(F)(F)F)cccc2c1Nc1cccc(C(=O)O)c1. The number of para-hydroxylation sites is 1. The standard InChI is InChI=1S/C20H15F3N2O4/c1-2-29-19(28)14-10-24-17-13(7-4-8-15(17)20(21,22)23)16(14)25-12-6-3-5-11(9-12)18(26)27/h3-10H,2H2,1H3,(H,24,25)(H,26,27). The number of carbonyl (C=O) groups is 2. The van der Waals surface area contributed by atoms with Crippen LogP contribution in [0.5, 0.6) is 0 Å². The third-order valence-corrected chi connectivity index (χ3v) is 4.08. The summed E-state index contributed by atoms with van der Waals surface area (Å²) < 4.78 is 45.1. The molecule has 0 spiro atoms. The topological polar surface area (TPSA) is 88.5 Å². The molecule has 6 nitrogen and oxygen atoms in total. The number of aromatic carboxylic acids is 1. The normalized spacial score (nSPS) is 11.3. The predicted octanol–water partition coefficient (Wildman–Crippen LogP) is 4.87. The first-order valence-electron chi connectivity index (χ1n) is 8.48. The molecule has 0 saturated heterocycles. The molecule has 0 aliphatic carbocycles. The number of anilines is 2. The van der Waals surface area contributed by atoms with E-state index in [1.807, 2.05) is 0 Å². The molecule has 29 heavy (non-hydrogen) atoms. The number of hydrogen-bond donors (Lipinski definition) is 2. The maximum atomic E-state index is 13.4. The van der Waals surface area contributed by atoms with Crippen LogP contribution in [-0.2, 0) is 10.9 Å². The number of alkyl halides is 3. The fourth-order valence-electron chi connectivity index (χ4n) is 2.82. The van der Waals surface area contributed by atoms with Gasteiger partial charge in [-0.1, -0.05) is 18.2 Å². The summed E-state index contributed by atoms with van der Waals surface area (Å²) in [6.07, 6.45) is -3.63. The van der Waals surface area contributed by atoms with E-state index in [-0.39, 0.29) is 40.0 Å². The summed E-state index contributed by atoms with van der Waals surface area (Å²) in [5.74, 6) is -1.94. The van der Waals surface area contributed by atoms with Crippen LogP contribution in [0.15, 0.2) is 48.7 Å². The van der Waals surface area contributed by atoms with E-state index < -0.39 is 23.7 Å². The van der Waals surface area contributed by atoms with Gasteiger partial charge in [0, 0.05) is 17.3 Å². The molecular formula is C20H15F3N2O4. The first kappa shape index (κ1) is 20.1. The summed E-state index contributed by atoms with van der Waals surface area (Å²) in [6, 6.07) is 9.17. The van der Waals surface area contributed by atoms with Crippen LogP contribution in [0, 0.1) is 0 Å². The minimum Gasteiger partial charge on any atom is -0.478 e. The zero-order chi connectivity index (χ0) is 21.2. The number of nitrogens with zero attached hydrogens (tertiary/aromatic N) is 1. The number of carboxylic acid groups (broad SMARTS) is 1. The first-order chi connectivity index (χ1) is 13.7. The molecule has 0 bridgehead atoms. The molecule has 1 heterocycles. The van der Waals surface area contributed by atoms with E-state index in [1.165, 1.54) is 36.4 Å². The minimum absolute atomic E-state index is 0.0259. The van der Waals surface area contributed by atoms with Gasteiger partial charge in [-0.2, -0.15) is 13.2 Å². The largest absolute Gasteiger partial charge is 0.478 e. The Morgan fingerprint density at radius 3 is 2.55 bits per heavy atom. The van der Waals surface area contributed by atoms with E-state index in [1.54, 1.807) is 6.92 Å². The molecular weight excluding hydrogens is 389 g/mol. The van der Waals surface area contributed by atoms with Crippen molar-refractivity contribution in [3.8, 4) is 0 Å². The van der Waals surface area contributed by atoms with Gasteiger partial charge < -0.3 is 15.2 Å². The van der Waals surface area contributed by atoms with Crippen LogP contribution >= 0.6 is 0 Å². The number of nitrogens with one attached hydrogen (secondary N) is 1. The number of esters is 1. The molecule has 2 N–H and O–H groups in total. The highest BCUT2D eigenvalue weighted by atomic mass is 19.4. The smallest absolute Gasteiger partial charge is 0.418 e. The van der Waals surface area contributed by atoms with Crippen LogP contribution < -0.4 is 5.32 Å². The van der Waals surface area contributed by atoms with Crippen molar-refractivity contribution in [3.05, 3.63) is 65.4 Å². The van der Waals surface area contributed by atoms with E-state index in [9.17, 15) is 22.8 Å². The Morgan fingerprint density at radius 2 is 1.90 bits per heavy atom. The van der Waals surface area contributed by atoms with E-state index >= 15 is 0 Å². The second kappa shape index (κ2) is 7.78. The Balaban J connectivity index is 2.23. The quantitative estimate of drug-likeness (QED) is 0.590. The number of halogens is 3. The molecule has 0 amide bonds. The molecule has 0 radical (unpaired) electrons. The van der Waals surface area contributed by atoms with Crippen LogP contribution in [0.3, 0.4) is 0 Å². The number of carbonyl (C=O) groups excluding carboxylic acids is 1. The fraction of sp³-hybridized carbons (Fsp3) is 0.150. The molecule has 3 aromatic rings. The molecule has 2 aromatic carbocycles. The molecule has 0 aliphatic heterocycles. The van der Waals surface area contributed by atoms with E-state index in [4.69, 9.17) is 9.84 Å². The lowest BCUT2D eigenvalue weighted by Gasteiger charge is -2.16. The van der Waals surface area contributed by atoms with Gasteiger partial charge in [-0.15, -0.1) is 0 Å². The molecule has 1 aromatic heterocycles. The van der Waals surface area contributed by atoms with Crippen LogP contribution in [0.25, 0.3) is 10.9 Å². The number of carboxylic acids is 1. The fourth-order valence-corrected chi connectivity index (χ4v) is 2.82. The number of ether oxygens (including phenoxy) is 1. The molecule has 0 aliphatic rings. The van der Waals surface area contributed by atoms with Gasteiger partial charge in [0.1, 0.15) is 5.56 Å². The van der Waals surface area contributed by atoms with Gasteiger partial charge in [0.25, 0.3) is 0 Å². The van der Waals surface area contributed by atoms with Gasteiger partial charge in [0.15, 0.2) is 0 Å². The van der Waals surface area contributed by atoms with Gasteiger partial charge in [0.2, 0.25) is 0 Å². The van der Waals surface area contributed by atoms with E-state index in [0.29, 0.717) is 0 Å². The number of rotatable bonds is 5. The Labute approximate surface area is 162 Å². The van der Waals surface area contributed by atoms with Crippen LogP contribution in [0.2, 0.25) is 0 Å². The van der Waals surface area contributed by atoms with Crippen LogP contribution in [0.4, 0.5) is 24.5 Å². The highest BCUT2D eigenvalue weighted by Crippen LogP contribution is 2.38. The lowest BCUT2D eigenvalue weighted by molar-refractivity contribution is -0.136. The Kier molecular flexibility index (Phi) is 5.40. The minimum atomic E-state index is -4.64. The Bertz CT molecular complexity index is 1100. The molecule has 3 rings (SSSR count). The number of fused-ring (bicyclic) bond motifs is 1. The maximum absolute atomic E-state index is 13.4. The Hall–Kier alpha value is -3.62. The van der Waals surface area contributed by atoms with Crippen LogP contribution in [-0.4, -0.2) is 28.6 Å². The lowest BCUT2D eigenvalue weighted by Crippen LogP contribution is -2.12. The predicted molar refractivity (Wildman–Crippen MR) is 99.4 cm³/mol. The van der Waals surface area contributed by atoms with Gasteiger partial charge in [-0.25, -0.2) is 9.59 Å². The Morgan fingerprint density at radius 1 is 1.17 bits per heavy atom. The van der Waals surface area contributed by atoms with Crippen LogP contribution in [0.1, 0.15) is 33.2 Å². The van der Waals surface area contributed by atoms with Crippen molar-refractivity contribution in [2.45, 2.75) is 13.1 Å². The molecule has 0 fully saturated rings. The summed E-state index contributed by atoms with van der Waals surface area (Å²) in [4.78, 5) is 27.4. The van der Waals surface area contributed by atoms with Gasteiger partial charge >= 0.3 is 18.1 Å². The van der Waals surface area contributed by atoms with Crippen molar-refractivity contribution in [2.24, 2.45) is 0 Å². The second-order valence-electron chi connectivity index (χ2n) is 5.98. The second-order valence-corrected chi connectivity index (χ2v) is 5.98. The third-order valence-electron chi connectivity index (χ3n) is 4.08. The molecule has 0 saturated carbocycles. The molecule has 9 heteroatoms. The zero-order valence-electron chi connectivity index (χ0n) is 15.1. The van der Waals surface area contributed by atoms with Gasteiger partial charge in [0.05, 0.1) is 28.9 Å². The lowest BCUT2D eigenvalue weighted by atomic mass is 10.0. The average molecular weight is 404 g/mol. The summed E-state index contributed by atoms with van der Waals surface area (Å²) in [5, 5.41) is 12.1. The van der Waals surface area contributed by atoms with Gasteiger partial charge in [-0.3, -0.25) is 4.98 Å². The number of benzene rings is 2. The summed E-state index contributed by atoms with van der Waals surface area (Å²) in [6.45, 7) is 1.66. The molecule has 0 atom stereocenters. The van der Waals surface area contributed by atoms with Crippen molar-refractivity contribution in [2.75, 3.05) is 11.9 Å². The summed E-state index contributed by atoms with van der Waals surface area (Å²) in [7, 11) is 0. The summed E-state index contributed by atoms with van der Waals surface area (Å²) >= 11 is 0. The number of hydrogen-bond acceptors (Lipinski definition) is 5. The van der Waals surface area contributed by atoms with Crippen molar-refractivity contribution in [1.29, 1.82) is 0 Å². The van der Waals surface area contributed by atoms with Crippen molar-refractivity contribution < 1.29 is 32.6 Å². The number of pyridine rings is 1. The number of aromatic nitrogens is 1. The van der Waals surface area contributed by atoms with Crippen molar-refractivity contribution in [3.63, 3.8) is 0 Å². The molecule has 150 valence electrons.